The Morgan fingerprint density at radius 1 is 1.12 bits per heavy atom. The largest absolute Gasteiger partial charge is 0.472 e. The van der Waals surface area contributed by atoms with Gasteiger partial charge in [0.05, 0.1) is 0 Å². The van der Waals surface area contributed by atoms with Gasteiger partial charge in [0.15, 0.2) is 10.6 Å². The lowest BCUT2D eigenvalue weighted by molar-refractivity contribution is 0.0612. The van der Waals surface area contributed by atoms with Crippen molar-refractivity contribution in [1.29, 1.82) is 0 Å². The number of hydrogen-bond donors (Lipinski definition) is 0. The molecule has 5 heteroatoms. The first-order chi connectivity index (χ1) is 11.6. The van der Waals surface area contributed by atoms with E-state index in [4.69, 9.17) is 4.74 Å². The van der Waals surface area contributed by atoms with Crippen molar-refractivity contribution in [2.75, 3.05) is 0 Å². The summed E-state index contributed by atoms with van der Waals surface area (Å²) in [6.07, 6.45) is 15.1. The van der Waals surface area contributed by atoms with E-state index in [1.54, 1.807) is 27.7 Å². The highest BCUT2D eigenvalue weighted by Crippen LogP contribution is 2.44. The Morgan fingerprint density at radius 2 is 1.76 bits per heavy atom. The molecule has 0 N–H and O–H groups in total. The van der Waals surface area contributed by atoms with E-state index in [1.165, 1.54) is 32.1 Å². The van der Waals surface area contributed by atoms with Crippen LogP contribution in [0.4, 0.5) is 0 Å². The van der Waals surface area contributed by atoms with Crippen LogP contribution in [0.3, 0.4) is 0 Å². The smallest absolute Gasteiger partial charge is 0.269 e. The summed E-state index contributed by atoms with van der Waals surface area (Å²) in [6.45, 7) is 9.22. The number of rotatable bonds is 1. The van der Waals surface area contributed by atoms with Gasteiger partial charge in [-0.2, -0.15) is 0 Å². The van der Waals surface area contributed by atoms with Crippen molar-refractivity contribution in [3.63, 3.8) is 0 Å². The molecule has 4 nitrogen and oxygen atoms in total. The summed E-state index contributed by atoms with van der Waals surface area (Å²) in [5.74, 6) is 1.24. The molecule has 0 spiro atoms. The quantitative estimate of drug-likeness (QED) is 0.643. The van der Waals surface area contributed by atoms with Gasteiger partial charge in [-0.1, -0.05) is 57.3 Å². The third kappa shape index (κ3) is 4.18. The molecule has 3 aliphatic rings. The molecule has 0 aromatic rings. The van der Waals surface area contributed by atoms with Crippen LogP contribution in [-0.2, 0) is 14.8 Å². The highest BCUT2D eigenvalue weighted by Gasteiger charge is 2.58. The Bertz CT molecular complexity index is 667. The van der Waals surface area contributed by atoms with Gasteiger partial charge in [-0.05, 0) is 45.1 Å². The molecule has 1 fully saturated rings. The summed E-state index contributed by atoms with van der Waals surface area (Å²) < 4.78 is 33.2. The van der Waals surface area contributed by atoms with Gasteiger partial charge in [0.1, 0.15) is 5.60 Å². The van der Waals surface area contributed by atoms with Crippen molar-refractivity contribution in [3.8, 4) is 0 Å². The van der Waals surface area contributed by atoms with Crippen molar-refractivity contribution in [1.82, 2.24) is 0 Å². The van der Waals surface area contributed by atoms with E-state index in [1.807, 2.05) is 18.2 Å². The van der Waals surface area contributed by atoms with Gasteiger partial charge in [-0.3, -0.25) is 0 Å². The second-order valence-corrected chi connectivity index (χ2v) is 10.1. The van der Waals surface area contributed by atoms with Crippen LogP contribution in [0.2, 0.25) is 0 Å². The molecule has 1 atom stereocenters. The molecule has 0 amide bonds. The zero-order valence-corrected chi connectivity index (χ0v) is 17.2. The van der Waals surface area contributed by atoms with Crippen molar-refractivity contribution in [2.24, 2.45) is 10.3 Å². The van der Waals surface area contributed by atoms with Gasteiger partial charge < -0.3 is 4.74 Å². The predicted molar refractivity (Wildman–Crippen MR) is 104 cm³/mol. The Kier molecular flexibility index (Phi) is 6.18. The first kappa shape index (κ1) is 20.2. The van der Waals surface area contributed by atoms with Crippen LogP contribution >= 0.6 is 0 Å². The van der Waals surface area contributed by atoms with Crippen LogP contribution < -0.4 is 0 Å². The standard InChI is InChI=1S/C13H19NO3S.C7H14/c1-10-14-18(15,16)13(4,12(2,3)17-10)11-8-6-5-7-9-11;1-7-5-3-2-4-6-7/h6,8-9H,5,7H2,1-4H3;7H,2-6H2,1H3. The second-order valence-electron chi connectivity index (χ2n) is 8.11. The van der Waals surface area contributed by atoms with E-state index < -0.39 is 20.4 Å². The van der Waals surface area contributed by atoms with E-state index in [0.717, 1.165) is 24.3 Å². The minimum absolute atomic E-state index is 0.206. The van der Waals surface area contributed by atoms with Crippen molar-refractivity contribution >= 4 is 15.9 Å². The van der Waals surface area contributed by atoms with Gasteiger partial charge in [0, 0.05) is 6.92 Å². The third-order valence-electron chi connectivity index (χ3n) is 5.76. The monoisotopic (exact) mass is 367 g/mol. The molecule has 1 saturated carbocycles. The Morgan fingerprint density at radius 3 is 2.20 bits per heavy atom. The minimum atomic E-state index is -3.64. The number of nitrogens with zero attached hydrogens (tertiary/aromatic N) is 1. The fourth-order valence-corrected chi connectivity index (χ4v) is 5.50. The second kappa shape index (κ2) is 7.65. The molecule has 142 valence electrons. The molecule has 1 heterocycles. The molecule has 2 aliphatic carbocycles. The highest BCUT2D eigenvalue weighted by atomic mass is 32.2. The van der Waals surface area contributed by atoms with E-state index >= 15 is 0 Å². The first-order valence-corrected chi connectivity index (χ1v) is 10.9. The number of hydrogen-bond acceptors (Lipinski definition) is 3. The van der Waals surface area contributed by atoms with Crippen molar-refractivity contribution in [3.05, 3.63) is 23.8 Å². The maximum absolute atomic E-state index is 12.5. The van der Waals surface area contributed by atoms with Crippen LogP contribution in [0.25, 0.3) is 0 Å². The maximum atomic E-state index is 12.5. The van der Waals surface area contributed by atoms with Gasteiger partial charge in [-0.15, -0.1) is 4.40 Å². The lowest BCUT2D eigenvalue weighted by Crippen LogP contribution is -2.58. The fraction of sp³-hybridized carbons (Fsp3) is 0.750. The Labute approximate surface area is 153 Å². The van der Waals surface area contributed by atoms with Gasteiger partial charge >= 0.3 is 0 Å². The Hall–Kier alpha value is -1.10. The maximum Gasteiger partial charge on any atom is 0.269 e. The van der Waals surface area contributed by atoms with Crippen LogP contribution in [0.15, 0.2) is 28.2 Å². The highest BCUT2D eigenvalue weighted by molar-refractivity contribution is 7.92. The van der Waals surface area contributed by atoms with Crippen LogP contribution in [0.1, 0.15) is 79.6 Å². The molecular formula is C20H33NO3S. The summed E-state index contributed by atoms with van der Waals surface area (Å²) >= 11 is 0. The zero-order valence-electron chi connectivity index (χ0n) is 16.3. The lowest BCUT2D eigenvalue weighted by Gasteiger charge is -2.45. The van der Waals surface area contributed by atoms with Crippen molar-refractivity contribution < 1.29 is 13.2 Å². The summed E-state index contributed by atoms with van der Waals surface area (Å²) in [4.78, 5) is 0. The summed E-state index contributed by atoms with van der Waals surface area (Å²) in [7, 11) is -3.64. The lowest BCUT2D eigenvalue weighted by atomic mass is 9.82. The SMILES string of the molecule is CC1=NS(=O)(=O)C(C)(C2=CCCC=C2)C(C)(C)O1.CC1CCCCC1. The van der Waals surface area contributed by atoms with Crippen molar-refractivity contribution in [2.45, 2.75) is 89.9 Å². The van der Waals surface area contributed by atoms with E-state index in [9.17, 15) is 8.42 Å². The molecule has 1 aliphatic heterocycles. The molecule has 3 rings (SSSR count). The molecule has 0 radical (unpaired) electrons. The number of ether oxygens (including phenoxy) is 1. The molecule has 25 heavy (non-hydrogen) atoms. The summed E-state index contributed by atoms with van der Waals surface area (Å²) in [5, 5.41) is 0. The van der Waals surface area contributed by atoms with E-state index in [-0.39, 0.29) is 5.90 Å². The third-order valence-corrected chi connectivity index (χ3v) is 8.01. The minimum Gasteiger partial charge on any atom is -0.472 e. The van der Waals surface area contributed by atoms with Crippen LogP contribution in [-0.4, -0.2) is 24.7 Å². The molecular weight excluding hydrogens is 334 g/mol. The normalized spacial score (nSPS) is 31.1. The average Bonchev–Trinajstić information content (AvgIpc) is 2.53. The van der Waals surface area contributed by atoms with Gasteiger partial charge in [0.2, 0.25) is 0 Å². The first-order valence-electron chi connectivity index (χ1n) is 9.47. The molecule has 0 aromatic carbocycles. The van der Waals surface area contributed by atoms with E-state index in [2.05, 4.69) is 11.3 Å². The topological polar surface area (TPSA) is 55.7 Å². The molecule has 0 aromatic heterocycles. The number of allylic oxidation sites excluding steroid dienone is 3. The number of sulfonamides is 1. The Balaban J connectivity index is 0.000000269. The predicted octanol–water partition coefficient (Wildman–Crippen LogP) is 5.17. The summed E-state index contributed by atoms with van der Waals surface area (Å²) in [5.41, 5.74) is -0.0689. The zero-order chi connectivity index (χ0) is 18.7. The fourth-order valence-electron chi connectivity index (χ4n) is 3.83. The van der Waals surface area contributed by atoms with Crippen LogP contribution in [0, 0.1) is 5.92 Å². The van der Waals surface area contributed by atoms with E-state index in [0.29, 0.717) is 0 Å². The van der Waals surface area contributed by atoms with Gasteiger partial charge in [-0.25, -0.2) is 8.42 Å². The molecule has 0 saturated heterocycles. The molecule has 1 unspecified atom stereocenters. The van der Waals surface area contributed by atoms with Gasteiger partial charge in [0.25, 0.3) is 10.0 Å². The summed E-state index contributed by atoms with van der Waals surface area (Å²) in [6, 6.07) is 0. The molecule has 0 bridgehead atoms. The van der Waals surface area contributed by atoms with Crippen LogP contribution in [0.5, 0.6) is 0 Å². The average molecular weight is 368 g/mol.